The first-order chi connectivity index (χ1) is 8.99. The second-order valence-electron chi connectivity index (χ2n) is 4.14. The van der Waals surface area contributed by atoms with Crippen molar-refractivity contribution in [2.45, 2.75) is 5.75 Å². The molecule has 6 heteroatoms. The fraction of sp³-hybridized carbons (Fsp3) is 0.385. The van der Waals surface area contributed by atoms with E-state index in [1.54, 1.807) is 30.3 Å². The first kappa shape index (κ1) is 15.7. The maximum absolute atomic E-state index is 12.3. The van der Waals surface area contributed by atoms with E-state index in [0.717, 1.165) is 0 Å². The van der Waals surface area contributed by atoms with Crippen molar-refractivity contribution in [2.75, 3.05) is 32.5 Å². The molecule has 0 saturated heterocycles. The SMILES string of the molecule is C=CCN(CCOC)S(=O)(=O)Cc1cccc(N)c1. The number of hydrogen-bond donors (Lipinski definition) is 1. The lowest BCUT2D eigenvalue weighted by atomic mass is 10.2. The Kier molecular flexibility index (Phi) is 6.01. The van der Waals surface area contributed by atoms with E-state index in [1.165, 1.54) is 11.4 Å². The number of hydrogen-bond acceptors (Lipinski definition) is 4. The first-order valence-electron chi connectivity index (χ1n) is 5.91. The van der Waals surface area contributed by atoms with Crippen LogP contribution in [0.5, 0.6) is 0 Å². The largest absolute Gasteiger partial charge is 0.399 e. The van der Waals surface area contributed by atoms with Gasteiger partial charge in [-0.25, -0.2) is 8.42 Å². The number of ether oxygens (including phenoxy) is 1. The molecule has 0 aliphatic carbocycles. The van der Waals surface area contributed by atoms with Crippen molar-refractivity contribution in [1.82, 2.24) is 4.31 Å². The van der Waals surface area contributed by atoms with Gasteiger partial charge in [-0.1, -0.05) is 18.2 Å². The van der Waals surface area contributed by atoms with Crippen LogP contribution in [-0.2, 0) is 20.5 Å². The van der Waals surface area contributed by atoms with E-state index in [-0.39, 0.29) is 12.3 Å². The van der Waals surface area contributed by atoms with E-state index in [1.807, 2.05) is 0 Å². The summed E-state index contributed by atoms with van der Waals surface area (Å²) >= 11 is 0. The van der Waals surface area contributed by atoms with Crippen molar-refractivity contribution < 1.29 is 13.2 Å². The molecule has 1 aromatic carbocycles. The smallest absolute Gasteiger partial charge is 0.218 e. The van der Waals surface area contributed by atoms with Gasteiger partial charge in [-0.15, -0.1) is 6.58 Å². The van der Waals surface area contributed by atoms with Crippen LogP contribution in [0.3, 0.4) is 0 Å². The van der Waals surface area contributed by atoms with Gasteiger partial charge >= 0.3 is 0 Å². The molecule has 0 aliphatic rings. The minimum Gasteiger partial charge on any atom is -0.399 e. The average Bonchev–Trinajstić information content (AvgIpc) is 2.33. The van der Waals surface area contributed by atoms with Gasteiger partial charge in [0.1, 0.15) is 0 Å². The van der Waals surface area contributed by atoms with Crippen molar-refractivity contribution in [3.63, 3.8) is 0 Å². The highest BCUT2D eigenvalue weighted by atomic mass is 32.2. The normalized spacial score (nSPS) is 11.7. The molecule has 5 nitrogen and oxygen atoms in total. The molecule has 0 spiro atoms. The summed E-state index contributed by atoms with van der Waals surface area (Å²) in [7, 11) is -1.86. The third-order valence-electron chi connectivity index (χ3n) is 2.57. The zero-order valence-electron chi connectivity index (χ0n) is 11.1. The quantitative estimate of drug-likeness (QED) is 0.576. The van der Waals surface area contributed by atoms with Crippen molar-refractivity contribution in [3.05, 3.63) is 42.5 Å². The van der Waals surface area contributed by atoms with E-state index >= 15 is 0 Å². The molecule has 1 rings (SSSR count). The number of nitrogens with two attached hydrogens (primary N) is 1. The van der Waals surface area contributed by atoms with E-state index in [2.05, 4.69) is 6.58 Å². The second kappa shape index (κ2) is 7.28. The molecule has 0 atom stereocenters. The maximum atomic E-state index is 12.3. The van der Waals surface area contributed by atoms with E-state index in [0.29, 0.717) is 24.4 Å². The average molecular weight is 284 g/mol. The highest BCUT2D eigenvalue weighted by Crippen LogP contribution is 2.13. The van der Waals surface area contributed by atoms with Gasteiger partial charge in [0.25, 0.3) is 0 Å². The Labute approximate surface area is 114 Å². The third-order valence-corrected chi connectivity index (χ3v) is 4.39. The predicted octanol–water partition coefficient (Wildman–Crippen LogP) is 1.23. The minimum absolute atomic E-state index is 0.0738. The lowest BCUT2D eigenvalue weighted by Crippen LogP contribution is -2.35. The monoisotopic (exact) mass is 284 g/mol. The lowest BCUT2D eigenvalue weighted by Gasteiger charge is -2.20. The number of nitrogen functional groups attached to an aromatic ring is 1. The summed E-state index contributed by atoms with van der Waals surface area (Å²) in [6, 6.07) is 6.88. The molecule has 0 radical (unpaired) electrons. The summed E-state index contributed by atoms with van der Waals surface area (Å²) in [5, 5.41) is 0. The molecule has 0 bridgehead atoms. The van der Waals surface area contributed by atoms with Crippen molar-refractivity contribution in [3.8, 4) is 0 Å². The Balaban J connectivity index is 2.84. The van der Waals surface area contributed by atoms with E-state index < -0.39 is 10.0 Å². The van der Waals surface area contributed by atoms with Gasteiger partial charge in [-0.2, -0.15) is 4.31 Å². The van der Waals surface area contributed by atoms with Gasteiger partial charge in [0.05, 0.1) is 12.4 Å². The summed E-state index contributed by atoms with van der Waals surface area (Å²) in [4.78, 5) is 0. The standard InChI is InChI=1S/C13H20N2O3S/c1-3-7-15(8-9-18-2)19(16,17)11-12-5-4-6-13(14)10-12/h3-6,10H,1,7-9,11,14H2,2H3. The first-order valence-corrected chi connectivity index (χ1v) is 7.52. The second-order valence-corrected chi connectivity index (χ2v) is 6.11. The number of benzene rings is 1. The number of methoxy groups -OCH3 is 1. The molecule has 2 N–H and O–H groups in total. The zero-order chi connectivity index (χ0) is 14.3. The topological polar surface area (TPSA) is 72.6 Å². The van der Waals surface area contributed by atoms with Crippen LogP contribution in [0.25, 0.3) is 0 Å². The Morgan fingerprint density at radius 2 is 2.21 bits per heavy atom. The molecule has 0 fully saturated rings. The maximum Gasteiger partial charge on any atom is 0.218 e. The molecule has 0 unspecified atom stereocenters. The molecule has 0 aromatic heterocycles. The molecule has 19 heavy (non-hydrogen) atoms. The van der Waals surface area contributed by atoms with Gasteiger partial charge in [-0.3, -0.25) is 0 Å². The van der Waals surface area contributed by atoms with Gasteiger partial charge in [-0.05, 0) is 17.7 Å². The van der Waals surface area contributed by atoms with Crippen LogP contribution in [0.2, 0.25) is 0 Å². The Bertz CT molecular complexity index is 514. The van der Waals surface area contributed by atoms with Crippen LogP contribution in [0.15, 0.2) is 36.9 Å². The van der Waals surface area contributed by atoms with E-state index in [9.17, 15) is 8.42 Å². The van der Waals surface area contributed by atoms with Gasteiger partial charge < -0.3 is 10.5 Å². The van der Waals surface area contributed by atoms with Crippen LogP contribution < -0.4 is 5.73 Å². The van der Waals surface area contributed by atoms with Gasteiger partial charge in [0, 0.05) is 25.9 Å². The number of nitrogens with zero attached hydrogens (tertiary/aromatic N) is 1. The molecule has 0 saturated carbocycles. The summed E-state index contributed by atoms with van der Waals surface area (Å²) in [6.45, 7) is 4.51. The Morgan fingerprint density at radius 3 is 2.79 bits per heavy atom. The molecular weight excluding hydrogens is 264 g/mol. The minimum atomic E-state index is -3.40. The van der Waals surface area contributed by atoms with Gasteiger partial charge in [0.15, 0.2) is 0 Å². The highest BCUT2D eigenvalue weighted by molar-refractivity contribution is 7.88. The van der Waals surface area contributed by atoms with Crippen molar-refractivity contribution in [1.29, 1.82) is 0 Å². The van der Waals surface area contributed by atoms with Gasteiger partial charge in [0.2, 0.25) is 10.0 Å². The van der Waals surface area contributed by atoms with E-state index in [4.69, 9.17) is 10.5 Å². The zero-order valence-corrected chi connectivity index (χ0v) is 11.9. The fourth-order valence-corrected chi connectivity index (χ4v) is 3.13. The molecule has 106 valence electrons. The molecule has 0 amide bonds. The molecule has 0 heterocycles. The van der Waals surface area contributed by atoms with Crippen LogP contribution >= 0.6 is 0 Å². The summed E-state index contributed by atoms with van der Waals surface area (Å²) < 4.78 is 30.9. The molecule has 1 aromatic rings. The number of sulfonamides is 1. The number of anilines is 1. The summed E-state index contributed by atoms with van der Waals surface area (Å²) in [5.74, 6) is -0.0738. The summed E-state index contributed by atoms with van der Waals surface area (Å²) in [6.07, 6.45) is 1.56. The Hall–Kier alpha value is -1.37. The predicted molar refractivity (Wildman–Crippen MR) is 77.1 cm³/mol. The van der Waals surface area contributed by atoms with Crippen LogP contribution in [-0.4, -0.2) is 39.5 Å². The summed E-state index contributed by atoms with van der Waals surface area (Å²) in [5.41, 5.74) is 6.88. The third kappa shape index (κ3) is 5.02. The van der Waals surface area contributed by atoms with Crippen LogP contribution in [0.4, 0.5) is 5.69 Å². The van der Waals surface area contributed by atoms with Crippen LogP contribution in [0, 0.1) is 0 Å². The van der Waals surface area contributed by atoms with Crippen molar-refractivity contribution >= 4 is 15.7 Å². The fourth-order valence-electron chi connectivity index (χ4n) is 1.67. The van der Waals surface area contributed by atoms with Crippen molar-refractivity contribution in [2.24, 2.45) is 0 Å². The van der Waals surface area contributed by atoms with Crippen LogP contribution in [0.1, 0.15) is 5.56 Å². The lowest BCUT2D eigenvalue weighted by molar-refractivity contribution is 0.182. The highest BCUT2D eigenvalue weighted by Gasteiger charge is 2.21. The Morgan fingerprint density at radius 1 is 1.47 bits per heavy atom. The molecule has 0 aliphatic heterocycles. The number of rotatable bonds is 8. The molecular formula is C13H20N2O3S.